The van der Waals surface area contributed by atoms with Gasteiger partial charge in [0.1, 0.15) is 0 Å². The van der Waals surface area contributed by atoms with Crippen molar-refractivity contribution in [2.75, 3.05) is 0 Å². The molecule has 0 N–H and O–H groups in total. The molecule has 286 valence electrons. The molecule has 8 aromatic carbocycles. The van der Waals surface area contributed by atoms with E-state index in [9.17, 15) is 0 Å². The van der Waals surface area contributed by atoms with E-state index >= 15 is 0 Å². The van der Waals surface area contributed by atoms with Gasteiger partial charge in [0, 0.05) is 22.1 Å². The van der Waals surface area contributed by atoms with Crippen LogP contribution in [0.3, 0.4) is 0 Å². The van der Waals surface area contributed by atoms with Crippen molar-refractivity contribution in [1.29, 1.82) is 0 Å². The fourth-order valence-corrected chi connectivity index (χ4v) is 9.73. The van der Waals surface area contributed by atoms with E-state index in [4.69, 9.17) is 15.0 Å². The average molecular weight is 770 g/mol. The van der Waals surface area contributed by atoms with Gasteiger partial charge < -0.3 is 0 Å². The summed E-state index contributed by atoms with van der Waals surface area (Å²) in [6.45, 7) is 0. The maximum absolute atomic E-state index is 5.05. The van der Waals surface area contributed by atoms with Gasteiger partial charge >= 0.3 is 0 Å². The van der Waals surface area contributed by atoms with Crippen LogP contribution in [0.25, 0.3) is 89.8 Å². The van der Waals surface area contributed by atoms with Gasteiger partial charge in [0.05, 0.1) is 0 Å². The van der Waals surface area contributed by atoms with Crippen molar-refractivity contribution in [1.82, 2.24) is 15.0 Å². The Balaban J connectivity index is 0.899. The highest BCUT2D eigenvalue weighted by atomic mass is 15.0. The van der Waals surface area contributed by atoms with Crippen LogP contribution in [0.2, 0.25) is 0 Å². The Bertz CT molecular complexity index is 3000. The first-order valence-corrected chi connectivity index (χ1v) is 21.2. The molecule has 11 rings (SSSR count). The second-order valence-corrected chi connectivity index (χ2v) is 16.3. The Labute approximate surface area is 352 Å². The summed E-state index contributed by atoms with van der Waals surface area (Å²) in [6.07, 6.45) is 6.47. The van der Waals surface area contributed by atoms with E-state index in [2.05, 4.69) is 164 Å². The Morgan fingerprint density at radius 2 is 0.650 bits per heavy atom. The monoisotopic (exact) mass is 769 g/mol. The number of rotatable bonds is 7. The molecule has 0 radical (unpaired) electrons. The summed E-state index contributed by atoms with van der Waals surface area (Å²) in [5.41, 5.74) is 18.4. The number of benzene rings is 8. The van der Waals surface area contributed by atoms with E-state index in [1.165, 1.54) is 76.6 Å². The van der Waals surface area contributed by atoms with Crippen molar-refractivity contribution in [3.8, 4) is 89.8 Å². The van der Waals surface area contributed by atoms with Gasteiger partial charge in [-0.25, -0.2) is 15.0 Å². The number of fused-ring (bicyclic) bond motifs is 5. The third kappa shape index (κ3) is 6.53. The van der Waals surface area contributed by atoms with Crippen LogP contribution in [0.5, 0.6) is 0 Å². The Morgan fingerprint density at radius 3 is 1.27 bits per heavy atom. The molecule has 9 aromatic rings. The number of nitrogens with zero attached hydrogens (tertiary/aromatic N) is 3. The second-order valence-electron chi connectivity index (χ2n) is 16.3. The zero-order chi connectivity index (χ0) is 39.9. The summed E-state index contributed by atoms with van der Waals surface area (Å²) in [4.78, 5) is 15.0. The zero-order valence-corrected chi connectivity index (χ0v) is 33.4. The third-order valence-corrected chi connectivity index (χ3v) is 12.7. The van der Waals surface area contributed by atoms with Crippen molar-refractivity contribution >= 4 is 0 Å². The van der Waals surface area contributed by atoms with Gasteiger partial charge in [-0.1, -0.05) is 195 Å². The zero-order valence-electron chi connectivity index (χ0n) is 33.4. The SMILES string of the molecule is c1ccc(-c2cccc(-c3nc(-c4ccccc4)nc(-c4ccc(-c5cccc(-c6cccc(-c7ccc8c(c7)-c7ccccc7C87CCCCC7)c6)c5)cc4)n3)c2)cc1. The van der Waals surface area contributed by atoms with Crippen LogP contribution in [0, 0.1) is 0 Å². The summed E-state index contributed by atoms with van der Waals surface area (Å²) in [5, 5.41) is 0. The fourth-order valence-electron chi connectivity index (χ4n) is 9.73. The largest absolute Gasteiger partial charge is 0.208 e. The predicted molar refractivity (Wildman–Crippen MR) is 247 cm³/mol. The molecule has 60 heavy (non-hydrogen) atoms. The van der Waals surface area contributed by atoms with Crippen molar-refractivity contribution < 1.29 is 0 Å². The normalized spacial score (nSPS) is 13.8. The molecule has 0 aliphatic heterocycles. The predicted octanol–water partition coefficient (Wildman–Crippen LogP) is 14.8. The molecule has 2 aliphatic carbocycles. The number of aromatic nitrogens is 3. The van der Waals surface area contributed by atoms with Crippen LogP contribution in [0.1, 0.15) is 43.2 Å². The standard InChI is InChI=1S/C57H43N3/c1-4-15-39(16-5-1)44-20-14-24-49(37-44)56-59-54(41-17-6-2-7-18-41)58-55(60-56)42-29-27-40(28-30-42)43-19-12-21-45(35-43)46-22-13-23-47(36-46)48-31-32-53-51(38-48)50-25-8-9-26-52(50)57(53)33-10-3-11-34-57/h1-2,4-9,12-32,35-38H,3,10-11,33-34H2. The first-order valence-electron chi connectivity index (χ1n) is 21.2. The van der Waals surface area contributed by atoms with E-state index in [1.54, 1.807) is 0 Å². The van der Waals surface area contributed by atoms with E-state index < -0.39 is 0 Å². The van der Waals surface area contributed by atoms with Gasteiger partial charge in [0.25, 0.3) is 0 Å². The lowest BCUT2D eigenvalue weighted by atomic mass is 9.68. The van der Waals surface area contributed by atoms with Crippen molar-refractivity contribution in [3.63, 3.8) is 0 Å². The van der Waals surface area contributed by atoms with Gasteiger partial charge in [-0.2, -0.15) is 0 Å². The molecule has 2 aliphatic rings. The summed E-state index contributed by atoms with van der Waals surface area (Å²) >= 11 is 0. The second kappa shape index (κ2) is 15.2. The van der Waals surface area contributed by atoms with Crippen LogP contribution >= 0.6 is 0 Å². The fraction of sp³-hybridized carbons (Fsp3) is 0.105. The molecule has 0 atom stereocenters. The first-order chi connectivity index (χ1) is 29.7. The molecule has 1 heterocycles. The van der Waals surface area contributed by atoms with Gasteiger partial charge in [-0.05, 0) is 104 Å². The average Bonchev–Trinajstić information content (AvgIpc) is 3.60. The van der Waals surface area contributed by atoms with Crippen molar-refractivity contribution in [3.05, 3.63) is 211 Å². The van der Waals surface area contributed by atoms with Crippen molar-refractivity contribution in [2.45, 2.75) is 37.5 Å². The van der Waals surface area contributed by atoms with E-state index in [-0.39, 0.29) is 5.41 Å². The molecule has 0 unspecified atom stereocenters. The molecule has 0 saturated heterocycles. The highest BCUT2D eigenvalue weighted by Crippen LogP contribution is 2.56. The lowest BCUT2D eigenvalue weighted by Crippen LogP contribution is -2.27. The van der Waals surface area contributed by atoms with E-state index in [0.29, 0.717) is 17.5 Å². The number of hydrogen-bond acceptors (Lipinski definition) is 3. The minimum absolute atomic E-state index is 0.179. The van der Waals surface area contributed by atoms with Crippen LogP contribution in [0.15, 0.2) is 200 Å². The minimum atomic E-state index is 0.179. The maximum atomic E-state index is 5.05. The van der Waals surface area contributed by atoms with E-state index in [1.807, 2.05) is 36.4 Å². The lowest BCUT2D eigenvalue weighted by molar-refractivity contribution is 0.353. The Morgan fingerprint density at radius 1 is 0.267 bits per heavy atom. The maximum Gasteiger partial charge on any atom is 0.164 e. The molecule has 0 bridgehead atoms. The molecule has 1 spiro atoms. The summed E-state index contributed by atoms with van der Waals surface area (Å²) < 4.78 is 0. The van der Waals surface area contributed by atoms with Gasteiger partial charge in [0.2, 0.25) is 0 Å². The van der Waals surface area contributed by atoms with E-state index in [0.717, 1.165) is 38.9 Å². The molecule has 3 heteroatoms. The molecular formula is C57H43N3. The Kier molecular flexibility index (Phi) is 9.08. The number of hydrogen-bond donors (Lipinski definition) is 0. The molecule has 1 saturated carbocycles. The van der Waals surface area contributed by atoms with Gasteiger partial charge in [-0.3, -0.25) is 0 Å². The van der Waals surface area contributed by atoms with Crippen LogP contribution in [-0.2, 0) is 5.41 Å². The highest BCUT2D eigenvalue weighted by molar-refractivity contribution is 5.86. The lowest BCUT2D eigenvalue weighted by Gasteiger charge is -2.36. The molecular weight excluding hydrogens is 727 g/mol. The summed E-state index contributed by atoms with van der Waals surface area (Å²) in [7, 11) is 0. The summed E-state index contributed by atoms with van der Waals surface area (Å²) in [5.74, 6) is 1.94. The Hall–Kier alpha value is -7.23. The first kappa shape index (κ1) is 35.9. The topological polar surface area (TPSA) is 38.7 Å². The van der Waals surface area contributed by atoms with Crippen LogP contribution in [-0.4, -0.2) is 15.0 Å². The highest BCUT2D eigenvalue weighted by Gasteiger charge is 2.43. The molecule has 1 fully saturated rings. The van der Waals surface area contributed by atoms with Crippen molar-refractivity contribution in [2.24, 2.45) is 0 Å². The molecule has 3 nitrogen and oxygen atoms in total. The summed E-state index contributed by atoms with van der Waals surface area (Å²) in [6, 6.07) is 71.9. The minimum Gasteiger partial charge on any atom is -0.208 e. The smallest absolute Gasteiger partial charge is 0.164 e. The van der Waals surface area contributed by atoms with Gasteiger partial charge in [-0.15, -0.1) is 0 Å². The third-order valence-electron chi connectivity index (χ3n) is 12.7. The quantitative estimate of drug-likeness (QED) is 0.162. The van der Waals surface area contributed by atoms with Crippen LogP contribution < -0.4 is 0 Å². The molecule has 0 amide bonds. The molecule has 1 aromatic heterocycles. The van der Waals surface area contributed by atoms with Crippen LogP contribution in [0.4, 0.5) is 0 Å². The van der Waals surface area contributed by atoms with Gasteiger partial charge in [0.15, 0.2) is 17.5 Å².